The highest BCUT2D eigenvalue weighted by atomic mass is 79.9. The molecule has 1 aliphatic rings. The van der Waals surface area contributed by atoms with Gasteiger partial charge in [-0.3, -0.25) is 9.59 Å². The molecule has 0 bridgehead atoms. The van der Waals surface area contributed by atoms with Crippen LogP contribution in [0.3, 0.4) is 0 Å². The minimum atomic E-state index is 0.0904. The van der Waals surface area contributed by atoms with Crippen LogP contribution in [0.1, 0.15) is 41.4 Å². The van der Waals surface area contributed by atoms with Crippen LogP contribution >= 0.6 is 27.3 Å². The van der Waals surface area contributed by atoms with Crippen molar-refractivity contribution < 1.29 is 9.59 Å². The molecule has 1 aromatic rings. The van der Waals surface area contributed by atoms with Gasteiger partial charge in [-0.25, -0.2) is 0 Å². The van der Waals surface area contributed by atoms with Crippen molar-refractivity contribution in [3.05, 3.63) is 20.3 Å². The number of thiophene rings is 1. The summed E-state index contributed by atoms with van der Waals surface area (Å²) >= 11 is 4.94. The smallest absolute Gasteiger partial charge is 0.263 e. The minimum Gasteiger partial charge on any atom is -0.353 e. The average molecular weight is 359 g/mol. The lowest BCUT2D eigenvalue weighted by molar-refractivity contribution is -0.121. The number of likely N-dealkylation sites (tertiary alicyclic amines) is 1. The highest BCUT2D eigenvalue weighted by Gasteiger charge is 2.25. The van der Waals surface area contributed by atoms with Gasteiger partial charge < -0.3 is 10.2 Å². The fraction of sp³-hybridized carbons (Fsp3) is 0.571. The van der Waals surface area contributed by atoms with Crippen LogP contribution < -0.4 is 5.32 Å². The second-order valence-corrected chi connectivity index (χ2v) is 7.43. The summed E-state index contributed by atoms with van der Waals surface area (Å²) in [5.74, 6) is 0.191. The predicted molar refractivity (Wildman–Crippen MR) is 84.1 cm³/mol. The second-order valence-electron chi connectivity index (χ2n) is 5.05. The third kappa shape index (κ3) is 3.61. The van der Waals surface area contributed by atoms with Gasteiger partial charge in [-0.15, -0.1) is 11.3 Å². The van der Waals surface area contributed by atoms with Crippen molar-refractivity contribution >= 4 is 39.1 Å². The van der Waals surface area contributed by atoms with Crippen molar-refractivity contribution in [2.45, 2.75) is 39.2 Å². The monoisotopic (exact) mass is 358 g/mol. The first-order valence-corrected chi connectivity index (χ1v) is 8.46. The predicted octanol–water partition coefficient (Wildman–Crippen LogP) is 2.95. The van der Waals surface area contributed by atoms with Crippen LogP contribution in [0, 0.1) is 6.92 Å². The number of hydrogen-bond acceptors (Lipinski definition) is 3. The number of nitrogens with zero attached hydrogens (tertiary/aromatic N) is 1. The molecule has 0 saturated carbocycles. The van der Waals surface area contributed by atoms with Gasteiger partial charge in [0.1, 0.15) is 0 Å². The van der Waals surface area contributed by atoms with Crippen LogP contribution in [0.25, 0.3) is 0 Å². The molecular weight excluding hydrogens is 340 g/mol. The van der Waals surface area contributed by atoms with Crippen LogP contribution in [0.2, 0.25) is 0 Å². The van der Waals surface area contributed by atoms with Crippen molar-refractivity contribution in [2.24, 2.45) is 0 Å². The topological polar surface area (TPSA) is 49.4 Å². The molecule has 20 heavy (non-hydrogen) atoms. The maximum Gasteiger partial charge on any atom is 0.263 e. The number of amides is 2. The summed E-state index contributed by atoms with van der Waals surface area (Å²) in [4.78, 5) is 26.4. The molecule has 0 spiro atoms. The number of carbonyl (C=O) groups is 2. The summed E-state index contributed by atoms with van der Waals surface area (Å²) in [6.45, 7) is 5.26. The molecule has 1 fully saturated rings. The van der Waals surface area contributed by atoms with Crippen LogP contribution in [-0.2, 0) is 4.79 Å². The Morgan fingerprint density at radius 2 is 2.10 bits per heavy atom. The van der Waals surface area contributed by atoms with E-state index >= 15 is 0 Å². The van der Waals surface area contributed by atoms with Crippen molar-refractivity contribution in [3.63, 3.8) is 0 Å². The average Bonchev–Trinajstić information content (AvgIpc) is 2.78. The van der Waals surface area contributed by atoms with Gasteiger partial charge in [-0.1, -0.05) is 6.92 Å². The number of rotatable bonds is 3. The normalized spacial score (nSPS) is 16.2. The summed E-state index contributed by atoms with van der Waals surface area (Å²) in [6, 6.07) is 2.14. The number of hydrogen-bond donors (Lipinski definition) is 1. The second kappa shape index (κ2) is 6.72. The molecule has 2 rings (SSSR count). The molecule has 110 valence electrons. The van der Waals surface area contributed by atoms with Crippen molar-refractivity contribution in [3.8, 4) is 0 Å². The van der Waals surface area contributed by atoms with Gasteiger partial charge in [0.25, 0.3) is 5.91 Å². The molecule has 1 aliphatic heterocycles. The molecule has 1 N–H and O–H groups in total. The fourth-order valence-electron chi connectivity index (χ4n) is 2.28. The molecule has 2 amide bonds. The zero-order chi connectivity index (χ0) is 14.7. The Kier molecular flexibility index (Phi) is 5.21. The van der Waals surface area contributed by atoms with Crippen LogP contribution in [-0.4, -0.2) is 35.8 Å². The standard InChI is InChI=1S/C14H19BrN2O2S/c1-3-12(18)16-10-4-6-17(7-5-10)14(19)11-8-9(2)13(15)20-11/h8,10H,3-7H2,1-2H3,(H,16,18). The first-order valence-electron chi connectivity index (χ1n) is 6.85. The number of halogens is 1. The van der Waals surface area contributed by atoms with E-state index in [4.69, 9.17) is 0 Å². The van der Waals surface area contributed by atoms with E-state index < -0.39 is 0 Å². The summed E-state index contributed by atoms with van der Waals surface area (Å²) in [6.07, 6.45) is 2.19. The summed E-state index contributed by atoms with van der Waals surface area (Å²) in [5, 5.41) is 3.00. The first kappa shape index (κ1) is 15.5. The molecule has 1 aromatic heterocycles. The molecule has 6 heteroatoms. The van der Waals surface area contributed by atoms with E-state index in [9.17, 15) is 9.59 Å². The van der Waals surface area contributed by atoms with E-state index in [1.165, 1.54) is 11.3 Å². The van der Waals surface area contributed by atoms with Gasteiger partial charge in [-0.05, 0) is 47.3 Å². The maximum absolute atomic E-state index is 12.4. The highest BCUT2D eigenvalue weighted by Crippen LogP contribution is 2.28. The Hall–Kier alpha value is -0.880. The van der Waals surface area contributed by atoms with E-state index in [-0.39, 0.29) is 17.9 Å². The Morgan fingerprint density at radius 1 is 1.45 bits per heavy atom. The number of aryl methyl sites for hydroxylation is 1. The zero-order valence-corrected chi connectivity index (χ0v) is 14.1. The zero-order valence-electron chi connectivity index (χ0n) is 11.7. The van der Waals surface area contributed by atoms with Gasteiger partial charge in [-0.2, -0.15) is 0 Å². The molecule has 0 aromatic carbocycles. The van der Waals surface area contributed by atoms with Crippen molar-refractivity contribution in [1.29, 1.82) is 0 Å². The lowest BCUT2D eigenvalue weighted by atomic mass is 10.0. The molecule has 2 heterocycles. The molecule has 1 saturated heterocycles. The number of carbonyl (C=O) groups excluding carboxylic acids is 2. The van der Waals surface area contributed by atoms with Gasteiger partial charge in [0.2, 0.25) is 5.91 Å². The molecule has 0 unspecified atom stereocenters. The molecule has 0 atom stereocenters. The molecule has 0 radical (unpaired) electrons. The summed E-state index contributed by atoms with van der Waals surface area (Å²) in [5.41, 5.74) is 1.10. The fourth-order valence-corrected chi connectivity index (χ4v) is 3.78. The van der Waals surface area contributed by atoms with Crippen LogP contribution in [0.5, 0.6) is 0 Å². The van der Waals surface area contributed by atoms with Gasteiger partial charge in [0.05, 0.1) is 8.66 Å². The van der Waals surface area contributed by atoms with E-state index in [1.54, 1.807) is 0 Å². The molecular formula is C14H19BrN2O2S. The highest BCUT2D eigenvalue weighted by molar-refractivity contribution is 9.11. The largest absolute Gasteiger partial charge is 0.353 e. The lowest BCUT2D eigenvalue weighted by Gasteiger charge is -2.32. The summed E-state index contributed by atoms with van der Waals surface area (Å²) in [7, 11) is 0. The van der Waals surface area contributed by atoms with Gasteiger partial charge in [0, 0.05) is 25.6 Å². The van der Waals surface area contributed by atoms with Crippen molar-refractivity contribution in [1.82, 2.24) is 10.2 Å². The number of piperidine rings is 1. The van der Waals surface area contributed by atoms with Crippen LogP contribution in [0.15, 0.2) is 9.85 Å². The van der Waals surface area contributed by atoms with Gasteiger partial charge >= 0.3 is 0 Å². The molecule has 0 aliphatic carbocycles. The summed E-state index contributed by atoms with van der Waals surface area (Å²) < 4.78 is 1.02. The van der Waals surface area contributed by atoms with E-state index in [0.29, 0.717) is 19.5 Å². The maximum atomic E-state index is 12.4. The number of nitrogens with one attached hydrogen (secondary N) is 1. The quantitative estimate of drug-likeness (QED) is 0.902. The van der Waals surface area contributed by atoms with Crippen molar-refractivity contribution in [2.75, 3.05) is 13.1 Å². The molecule has 4 nitrogen and oxygen atoms in total. The van der Waals surface area contributed by atoms with E-state index in [1.807, 2.05) is 24.8 Å². The van der Waals surface area contributed by atoms with Crippen LogP contribution in [0.4, 0.5) is 0 Å². The first-order chi connectivity index (χ1) is 9.51. The Balaban J connectivity index is 1.90. The SMILES string of the molecule is CCC(=O)NC1CCN(C(=O)c2cc(C)c(Br)s2)CC1. The lowest BCUT2D eigenvalue weighted by Crippen LogP contribution is -2.46. The van der Waals surface area contributed by atoms with E-state index in [2.05, 4.69) is 21.2 Å². The Labute approximate surface area is 131 Å². The third-order valence-electron chi connectivity index (χ3n) is 3.54. The third-order valence-corrected chi connectivity index (χ3v) is 5.66. The minimum absolute atomic E-state index is 0.0904. The Bertz CT molecular complexity index is 488. The van der Waals surface area contributed by atoms with Gasteiger partial charge in [0.15, 0.2) is 0 Å². The Morgan fingerprint density at radius 3 is 2.60 bits per heavy atom. The van der Waals surface area contributed by atoms with E-state index in [0.717, 1.165) is 27.1 Å².